The molecule has 8 aromatic rings. The van der Waals surface area contributed by atoms with Gasteiger partial charge in [-0.1, -0.05) is 141 Å². The van der Waals surface area contributed by atoms with Gasteiger partial charge in [-0.15, -0.1) is 0 Å². The molecule has 0 atom stereocenters. The molecular weight excluding hydrogens is 653 g/mol. The Bertz CT molecular complexity index is 2750. The lowest BCUT2D eigenvalue weighted by Crippen LogP contribution is -2.35. The summed E-state index contributed by atoms with van der Waals surface area (Å²) < 4.78 is 2.41. The van der Waals surface area contributed by atoms with E-state index in [1.165, 1.54) is 98.0 Å². The van der Waals surface area contributed by atoms with E-state index >= 15 is 0 Å². The summed E-state index contributed by atoms with van der Waals surface area (Å²) in [5.74, 6) is 0.641. The minimum Gasteiger partial charge on any atom is -0.310 e. The predicted molar refractivity (Wildman–Crippen MR) is 229 cm³/mol. The smallest absolute Gasteiger partial charge is 0.0547 e. The molecule has 1 aromatic heterocycles. The Morgan fingerprint density at radius 2 is 1.22 bits per heavy atom. The van der Waals surface area contributed by atoms with Gasteiger partial charge in [0.2, 0.25) is 0 Å². The molecule has 0 radical (unpaired) electrons. The van der Waals surface area contributed by atoms with Crippen LogP contribution in [0.2, 0.25) is 0 Å². The first-order valence-corrected chi connectivity index (χ1v) is 19.8. The first-order chi connectivity index (χ1) is 26.8. The molecule has 2 nitrogen and oxygen atoms in total. The van der Waals surface area contributed by atoms with Gasteiger partial charge in [0.15, 0.2) is 0 Å². The molecule has 2 aliphatic carbocycles. The van der Waals surface area contributed by atoms with Crippen LogP contribution in [0.5, 0.6) is 0 Å². The van der Waals surface area contributed by atoms with E-state index in [1.807, 2.05) is 0 Å². The third-order valence-electron chi connectivity index (χ3n) is 11.8. The molecule has 10 rings (SSSR count). The first kappa shape index (κ1) is 32.5. The molecule has 1 saturated carbocycles. The van der Waals surface area contributed by atoms with Gasteiger partial charge in [0.05, 0.1) is 16.7 Å². The Balaban J connectivity index is 1.15. The summed E-state index contributed by atoms with van der Waals surface area (Å²) in [5.41, 5.74) is 13.9. The molecule has 0 saturated heterocycles. The summed E-state index contributed by atoms with van der Waals surface area (Å²) in [7, 11) is 0. The van der Waals surface area contributed by atoms with Gasteiger partial charge in [-0.05, 0) is 119 Å². The molecule has 0 unspecified atom stereocenters. The highest BCUT2D eigenvalue weighted by Crippen LogP contribution is 2.42. The van der Waals surface area contributed by atoms with Gasteiger partial charge in [-0.25, -0.2) is 0 Å². The Labute approximate surface area is 318 Å². The largest absolute Gasteiger partial charge is 0.310 e. The highest BCUT2D eigenvalue weighted by Gasteiger charge is 2.23. The summed E-state index contributed by atoms with van der Waals surface area (Å²) >= 11 is 0. The van der Waals surface area contributed by atoms with Gasteiger partial charge < -0.3 is 9.47 Å². The van der Waals surface area contributed by atoms with Crippen molar-refractivity contribution in [2.75, 3.05) is 4.90 Å². The highest BCUT2D eigenvalue weighted by atomic mass is 15.1. The van der Waals surface area contributed by atoms with E-state index in [1.54, 1.807) is 5.56 Å². The van der Waals surface area contributed by atoms with Crippen molar-refractivity contribution in [3.8, 4) is 16.8 Å². The number of fused-ring (bicyclic) bond motifs is 4. The van der Waals surface area contributed by atoms with Gasteiger partial charge in [0, 0.05) is 33.4 Å². The number of anilines is 3. The number of hydrogen-bond acceptors (Lipinski definition) is 1. The topological polar surface area (TPSA) is 8.17 Å². The number of aromatic nitrogens is 1. The molecule has 0 amide bonds. The minimum absolute atomic E-state index is 0.641. The summed E-state index contributed by atoms with van der Waals surface area (Å²) in [4.78, 5) is 2.48. The standard InChI is InChI=1S/C52H44N2/c1-4-17-37(18-5-1)44-29-15-19-38-20-16-30-48(52(38)44)46-28-11-12-31-49(46)53(41-22-6-2-7-23-41)43-26-14-21-39(35-43)40-33-34-47-45-27-10-13-32-50(45)54(51(47)36-40)42-24-8-3-9-25-42/h2-3,6-15,19-29,31-37H,1,4-5,16-18,30H2. The van der Waals surface area contributed by atoms with Crippen LogP contribution in [-0.2, 0) is 0 Å². The summed E-state index contributed by atoms with van der Waals surface area (Å²) in [5, 5.41) is 5.44. The molecule has 0 bridgehead atoms. The third kappa shape index (κ3) is 5.74. The zero-order chi connectivity index (χ0) is 35.8. The highest BCUT2D eigenvalue weighted by molar-refractivity contribution is 6.10. The number of para-hydroxylation sites is 4. The number of nitrogens with zero attached hydrogens (tertiary/aromatic N) is 2. The van der Waals surface area contributed by atoms with Crippen LogP contribution in [0.25, 0.3) is 50.3 Å². The van der Waals surface area contributed by atoms with Crippen LogP contribution in [-0.4, -0.2) is 4.57 Å². The van der Waals surface area contributed by atoms with Gasteiger partial charge in [-0.3, -0.25) is 0 Å². The monoisotopic (exact) mass is 696 g/mol. The molecule has 54 heavy (non-hydrogen) atoms. The van der Waals surface area contributed by atoms with E-state index in [4.69, 9.17) is 0 Å². The van der Waals surface area contributed by atoms with E-state index < -0.39 is 0 Å². The maximum Gasteiger partial charge on any atom is 0.0547 e. The van der Waals surface area contributed by atoms with Crippen LogP contribution in [0.3, 0.4) is 0 Å². The van der Waals surface area contributed by atoms with Gasteiger partial charge >= 0.3 is 0 Å². The van der Waals surface area contributed by atoms with Crippen molar-refractivity contribution >= 4 is 50.5 Å². The number of hydrogen-bond donors (Lipinski definition) is 0. The molecule has 1 heterocycles. The number of rotatable bonds is 7. The van der Waals surface area contributed by atoms with Crippen molar-refractivity contribution in [3.63, 3.8) is 0 Å². The van der Waals surface area contributed by atoms with Crippen molar-refractivity contribution in [1.29, 1.82) is 0 Å². The fourth-order valence-electron chi connectivity index (χ4n) is 9.39. The van der Waals surface area contributed by atoms with Crippen LogP contribution in [0, 0.1) is 0 Å². The average Bonchev–Trinajstić information content (AvgIpc) is 3.58. The lowest BCUT2D eigenvalue weighted by Gasteiger charge is -2.30. The van der Waals surface area contributed by atoms with Crippen molar-refractivity contribution in [1.82, 2.24) is 4.57 Å². The second-order valence-electron chi connectivity index (χ2n) is 15.0. The summed E-state index contributed by atoms with van der Waals surface area (Å²) in [6.45, 7) is 0. The lowest BCUT2D eigenvalue weighted by atomic mass is 9.80. The molecule has 2 aliphatic rings. The first-order valence-electron chi connectivity index (χ1n) is 19.8. The van der Waals surface area contributed by atoms with Crippen LogP contribution < -0.4 is 15.3 Å². The summed E-state index contributed by atoms with van der Waals surface area (Å²) in [6, 6.07) is 62.7. The quantitative estimate of drug-likeness (QED) is 0.161. The maximum atomic E-state index is 2.48. The fourth-order valence-corrected chi connectivity index (χ4v) is 9.39. The second-order valence-corrected chi connectivity index (χ2v) is 15.0. The average molecular weight is 697 g/mol. The van der Waals surface area contributed by atoms with E-state index in [-0.39, 0.29) is 0 Å². The Morgan fingerprint density at radius 1 is 0.519 bits per heavy atom. The van der Waals surface area contributed by atoms with Crippen LogP contribution in [0.1, 0.15) is 62.0 Å². The molecule has 1 fully saturated rings. The Morgan fingerprint density at radius 3 is 2.09 bits per heavy atom. The predicted octanol–water partition coefficient (Wildman–Crippen LogP) is 12.7. The van der Waals surface area contributed by atoms with Crippen LogP contribution in [0.15, 0.2) is 170 Å². The second kappa shape index (κ2) is 14.0. The third-order valence-corrected chi connectivity index (χ3v) is 11.8. The zero-order valence-electron chi connectivity index (χ0n) is 30.7. The molecule has 262 valence electrons. The van der Waals surface area contributed by atoms with Crippen molar-refractivity contribution in [2.45, 2.75) is 50.9 Å². The lowest BCUT2D eigenvalue weighted by molar-refractivity contribution is 0.442. The molecule has 2 heteroatoms. The van der Waals surface area contributed by atoms with Crippen molar-refractivity contribution < 1.29 is 0 Å². The van der Waals surface area contributed by atoms with E-state index in [9.17, 15) is 0 Å². The molecular formula is C52H44N2. The minimum atomic E-state index is 0.641. The Kier molecular flexibility index (Phi) is 8.45. The summed E-state index contributed by atoms with van der Waals surface area (Å²) in [6.07, 6.45) is 11.2. The normalized spacial score (nSPS) is 14.6. The number of benzene rings is 7. The molecule has 0 aliphatic heterocycles. The van der Waals surface area contributed by atoms with Crippen molar-refractivity contribution in [3.05, 3.63) is 191 Å². The molecule has 0 spiro atoms. The Hall–Kier alpha value is -6.12. The van der Waals surface area contributed by atoms with Crippen LogP contribution >= 0.6 is 0 Å². The molecule has 7 aromatic carbocycles. The molecule has 0 N–H and O–H groups in total. The van der Waals surface area contributed by atoms with E-state index in [0.29, 0.717) is 5.92 Å². The van der Waals surface area contributed by atoms with Gasteiger partial charge in [0.1, 0.15) is 0 Å². The fraction of sp³-hybridized carbons (Fsp3) is 0.154. The van der Waals surface area contributed by atoms with Crippen molar-refractivity contribution in [2.24, 2.45) is 0 Å². The zero-order valence-corrected chi connectivity index (χ0v) is 30.7. The maximum absolute atomic E-state index is 2.48. The van der Waals surface area contributed by atoms with E-state index in [2.05, 4.69) is 185 Å². The van der Waals surface area contributed by atoms with Gasteiger partial charge in [-0.2, -0.15) is 0 Å². The van der Waals surface area contributed by atoms with E-state index in [0.717, 1.165) is 24.2 Å². The SMILES string of the molecule is C1=c2cccc(C3CCCCC3)c2=C(c2ccccc2N(c2ccccc2)c2cccc(-c3ccc4c5ccccc5n(-c5ccccc5)c4c3)c2)CC1. The van der Waals surface area contributed by atoms with Gasteiger partial charge in [0.25, 0.3) is 0 Å². The van der Waals surface area contributed by atoms with Crippen LogP contribution in [0.4, 0.5) is 17.1 Å².